The number of unbranched alkanes of at least 4 members (excludes halogenated alkanes) is 17. The molecule has 0 rings (SSSR count). The molecular weight excluding hydrogens is 815 g/mol. The van der Waals surface area contributed by atoms with Crippen molar-refractivity contribution < 1.29 is 42.9 Å². The Morgan fingerprint density at radius 1 is 0.477 bits per heavy atom. The standard InChI is InChI=1S/C56H95NO8/c1-6-8-10-12-14-16-18-20-22-24-25-26-27-28-29-31-33-35-37-39-41-43-45-47-54(59)65-52(51-64-56(55(60)61)62-49-48-57(3,4)5)50-63-53(58)46-44-42-40-38-36-34-32-30-23-21-19-17-15-13-11-9-7-2/h8,10,14-17,20-23,25-26,28-29,52,56H,6-7,9,11-13,18-19,24,27,30-51H2,1-5H3/p+1/b10-8-,16-14-,17-15-,22-20-,23-21-,26-25-,29-28-. The number of ether oxygens (including phenoxy) is 4. The first-order valence-electron chi connectivity index (χ1n) is 25.8. The maximum Gasteiger partial charge on any atom is 0.361 e. The number of carbonyl (C=O) groups is 3. The van der Waals surface area contributed by atoms with Crippen LogP contribution in [-0.2, 0) is 33.3 Å². The van der Waals surface area contributed by atoms with Crippen LogP contribution in [0.15, 0.2) is 85.1 Å². The smallest absolute Gasteiger partial charge is 0.361 e. The fraction of sp³-hybridized carbons (Fsp3) is 0.696. The van der Waals surface area contributed by atoms with Crippen LogP contribution in [0.2, 0.25) is 0 Å². The Bertz CT molecular complexity index is 1340. The summed E-state index contributed by atoms with van der Waals surface area (Å²) in [6.45, 7) is 4.70. The number of hydrogen-bond acceptors (Lipinski definition) is 7. The second kappa shape index (κ2) is 47.0. The highest BCUT2D eigenvalue weighted by Gasteiger charge is 2.25. The summed E-state index contributed by atoms with van der Waals surface area (Å²) in [5.74, 6) is -2.04. The molecule has 0 bridgehead atoms. The number of aliphatic carboxylic acids is 1. The predicted octanol–water partition coefficient (Wildman–Crippen LogP) is 14.4. The van der Waals surface area contributed by atoms with E-state index in [4.69, 9.17) is 18.9 Å². The van der Waals surface area contributed by atoms with Crippen molar-refractivity contribution in [1.82, 2.24) is 0 Å². The molecule has 9 nitrogen and oxygen atoms in total. The number of carbonyl (C=O) groups excluding carboxylic acids is 2. The number of nitrogens with zero attached hydrogens (tertiary/aromatic N) is 1. The molecular formula is C56H96NO8+. The molecule has 65 heavy (non-hydrogen) atoms. The zero-order valence-corrected chi connectivity index (χ0v) is 42.1. The average Bonchev–Trinajstić information content (AvgIpc) is 3.27. The molecule has 0 heterocycles. The van der Waals surface area contributed by atoms with Gasteiger partial charge >= 0.3 is 17.9 Å². The molecule has 0 saturated heterocycles. The highest BCUT2D eigenvalue weighted by atomic mass is 16.7. The highest BCUT2D eigenvalue weighted by Crippen LogP contribution is 2.14. The molecule has 0 aliphatic carbocycles. The summed E-state index contributed by atoms with van der Waals surface area (Å²) in [5, 5.41) is 9.67. The zero-order chi connectivity index (χ0) is 47.7. The van der Waals surface area contributed by atoms with E-state index in [0.29, 0.717) is 17.4 Å². The summed E-state index contributed by atoms with van der Waals surface area (Å²) in [6, 6.07) is 0. The molecule has 2 unspecified atom stereocenters. The van der Waals surface area contributed by atoms with E-state index in [1.165, 1.54) is 64.2 Å². The molecule has 0 amide bonds. The number of hydrogen-bond donors (Lipinski definition) is 1. The fourth-order valence-electron chi connectivity index (χ4n) is 6.66. The summed E-state index contributed by atoms with van der Waals surface area (Å²) >= 11 is 0. The minimum absolute atomic E-state index is 0.179. The van der Waals surface area contributed by atoms with Crippen LogP contribution in [0.4, 0.5) is 0 Å². The Morgan fingerprint density at radius 2 is 0.877 bits per heavy atom. The van der Waals surface area contributed by atoms with E-state index < -0.39 is 24.3 Å². The van der Waals surface area contributed by atoms with E-state index >= 15 is 0 Å². The van der Waals surface area contributed by atoms with Crippen molar-refractivity contribution >= 4 is 17.9 Å². The van der Waals surface area contributed by atoms with E-state index in [2.05, 4.69) is 98.9 Å². The fourth-order valence-corrected chi connectivity index (χ4v) is 6.66. The van der Waals surface area contributed by atoms with Crippen LogP contribution in [-0.4, -0.2) is 87.4 Å². The van der Waals surface area contributed by atoms with Gasteiger partial charge in [-0.25, -0.2) is 4.79 Å². The molecule has 0 aromatic carbocycles. The van der Waals surface area contributed by atoms with Gasteiger partial charge in [0.05, 0.1) is 34.4 Å². The van der Waals surface area contributed by atoms with Crippen molar-refractivity contribution in [3.8, 4) is 0 Å². The molecule has 9 heteroatoms. The molecule has 0 aromatic heterocycles. The summed E-state index contributed by atoms with van der Waals surface area (Å²) in [5.41, 5.74) is 0. The van der Waals surface area contributed by atoms with Crippen molar-refractivity contribution in [3.05, 3.63) is 85.1 Å². The van der Waals surface area contributed by atoms with Crippen molar-refractivity contribution in [2.75, 3.05) is 47.5 Å². The van der Waals surface area contributed by atoms with E-state index in [1.807, 2.05) is 21.1 Å². The number of rotatable bonds is 46. The monoisotopic (exact) mass is 911 g/mol. The van der Waals surface area contributed by atoms with Crippen molar-refractivity contribution in [2.45, 2.75) is 206 Å². The van der Waals surface area contributed by atoms with E-state index in [0.717, 1.165) is 96.3 Å². The van der Waals surface area contributed by atoms with Crippen LogP contribution < -0.4 is 0 Å². The van der Waals surface area contributed by atoms with Crippen LogP contribution in [0.5, 0.6) is 0 Å². The first-order valence-corrected chi connectivity index (χ1v) is 25.8. The van der Waals surface area contributed by atoms with Crippen molar-refractivity contribution in [2.24, 2.45) is 0 Å². The maximum absolute atomic E-state index is 12.8. The van der Waals surface area contributed by atoms with Crippen LogP contribution in [0.3, 0.4) is 0 Å². The number of likely N-dealkylation sites (N-methyl/N-ethyl adjacent to an activating group) is 1. The number of quaternary nitrogens is 1. The van der Waals surface area contributed by atoms with Gasteiger partial charge in [-0.2, -0.15) is 0 Å². The normalized spacial score (nSPS) is 13.6. The molecule has 0 spiro atoms. The number of carboxylic acid groups (broad SMARTS) is 1. The van der Waals surface area contributed by atoms with Crippen molar-refractivity contribution in [1.29, 1.82) is 0 Å². The SMILES string of the molecule is CC/C=C\C/C=C\C/C=C\C/C=C\C/C=C\CCCCCCCCCC(=O)OC(COC(=O)CCCCCCCCC/C=C\C/C=C\CCCCC)COC(OCC[N+](C)(C)C)C(=O)O. The second-order valence-electron chi connectivity index (χ2n) is 18.1. The van der Waals surface area contributed by atoms with Gasteiger partial charge in [-0.05, 0) is 89.9 Å². The third-order valence-corrected chi connectivity index (χ3v) is 10.6. The molecule has 0 saturated carbocycles. The quantitative estimate of drug-likeness (QED) is 0.0211. The molecule has 1 N–H and O–H groups in total. The summed E-state index contributed by atoms with van der Waals surface area (Å²) in [6.07, 6.45) is 57.8. The van der Waals surface area contributed by atoms with Gasteiger partial charge in [0, 0.05) is 12.8 Å². The molecule has 0 aromatic rings. The zero-order valence-electron chi connectivity index (χ0n) is 42.1. The first-order chi connectivity index (χ1) is 31.6. The van der Waals surface area contributed by atoms with Crippen LogP contribution >= 0.6 is 0 Å². The maximum atomic E-state index is 12.8. The summed E-state index contributed by atoms with van der Waals surface area (Å²) < 4.78 is 22.8. The second-order valence-corrected chi connectivity index (χ2v) is 18.1. The molecule has 372 valence electrons. The van der Waals surface area contributed by atoms with Crippen LogP contribution in [0, 0.1) is 0 Å². The molecule has 2 atom stereocenters. The Morgan fingerprint density at radius 3 is 1.31 bits per heavy atom. The minimum atomic E-state index is -1.52. The molecule has 0 aliphatic heterocycles. The number of allylic oxidation sites excluding steroid dienone is 14. The lowest BCUT2D eigenvalue weighted by atomic mass is 10.1. The lowest BCUT2D eigenvalue weighted by molar-refractivity contribution is -0.870. The highest BCUT2D eigenvalue weighted by molar-refractivity contribution is 5.71. The lowest BCUT2D eigenvalue weighted by Crippen LogP contribution is -2.40. The third kappa shape index (κ3) is 48.2. The number of carboxylic acids is 1. The Balaban J connectivity index is 4.39. The predicted molar refractivity (Wildman–Crippen MR) is 272 cm³/mol. The molecule has 0 fully saturated rings. The van der Waals surface area contributed by atoms with E-state index in [9.17, 15) is 19.5 Å². The van der Waals surface area contributed by atoms with Gasteiger partial charge in [-0.1, -0.05) is 176 Å². The van der Waals surface area contributed by atoms with Crippen LogP contribution in [0.25, 0.3) is 0 Å². The summed E-state index contributed by atoms with van der Waals surface area (Å²) in [7, 11) is 5.95. The average molecular weight is 911 g/mol. The van der Waals surface area contributed by atoms with Gasteiger partial charge in [-0.15, -0.1) is 0 Å². The van der Waals surface area contributed by atoms with Crippen LogP contribution in [0.1, 0.15) is 194 Å². The number of esters is 2. The summed E-state index contributed by atoms with van der Waals surface area (Å²) in [4.78, 5) is 37.3. The van der Waals surface area contributed by atoms with Gasteiger partial charge < -0.3 is 28.5 Å². The largest absolute Gasteiger partial charge is 0.477 e. The minimum Gasteiger partial charge on any atom is -0.477 e. The van der Waals surface area contributed by atoms with Gasteiger partial charge in [0.1, 0.15) is 13.2 Å². The molecule has 0 radical (unpaired) electrons. The third-order valence-electron chi connectivity index (χ3n) is 10.6. The van der Waals surface area contributed by atoms with Gasteiger partial charge in [0.2, 0.25) is 0 Å². The Kier molecular flexibility index (Phi) is 44.4. The Labute approximate surface area is 398 Å². The van der Waals surface area contributed by atoms with E-state index in [1.54, 1.807) is 0 Å². The first kappa shape index (κ1) is 61.5. The van der Waals surface area contributed by atoms with Crippen molar-refractivity contribution in [3.63, 3.8) is 0 Å². The lowest BCUT2D eigenvalue weighted by Gasteiger charge is -2.25. The molecule has 0 aliphatic rings. The van der Waals surface area contributed by atoms with Gasteiger partial charge in [0.15, 0.2) is 6.10 Å². The van der Waals surface area contributed by atoms with Gasteiger partial charge in [0.25, 0.3) is 6.29 Å². The topological polar surface area (TPSA) is 108 Å². The van der Waals surface area contributed by atoms with Gasteiger partial charge in [-0.3, -0.25) is 9.59 Å². The Hall–Kier alpha value is -3.53. The van der Waals surface area contributed by atoms with E-state index in [-0.39, 0.29) is 38.6 Å².